The summed E-state index contributed by atoms with van der Waals surface area (Å²) < 4.78 is 0. The van der Waals surface area contributed by atoms with Crippen molar-refractivity contribution in [2.24, 2.45) is 0 Å². The highest BCUT2D eigenvalue weighted by atomic mass is 32.1. The quantitative estimate of drug-likeness (QED) is 0.890. The van der Waals surface area contributed by atoms with Crippen molar-refractivity contribution in [1.82, 2.24) is 4.98 Å². The number of benzene rings is 1. The Balaban J connectivity index is 1.92. The normalized spacial score (nSPS) is 12.6. The second kappa shape index (κ2) is 6.12. The topological polar surface area (TPSA) is 33.1 Å². The maximum Gasteiger partial charge on any atom is 0.0929 e. The zero-order chi connectivity index (χ0) is 13.0. The largest absolute Gasteiger partial charge is 0.388 e. The third kappa shape index (κ3) is 3.40. The van der Waals surface area contributed by atoms with Crippen LogP contribution in [0.5, 0.6) is 0 Å². The molecule has 2 rings (SSSR count). The number of hydrogen-bond donors (Lipinski definition) is 1. The molecule has 1 N–H and O–H groups in total. The van der Waals surface area contributed by atoms with Gasteiger partial charge in [-0.25, -0.2) is 4.98 Å². The summed E-state index contributed by atoms with van der Waals surface area (Å²) in [7, 11) is 0. The molecule has 1 unspecified atom stereocenters. The molecule has 0 aliphatic heterocycles. The first-order valence-corrected chi connectivity index (χ1v) is 7.25. The average Bonchev–Trinajstić information content (AvgIpc) is 2.82. The minimum atomic E-state index is -0.389. The molecule has 3 heteroatoms. The van der Waals surface area contributed by atoms with E-state index in [-0.39, 0.29) is 6.10 Å². The zero-order valence-electron chi connectivity index (χ0n) is 10.9. The summed E-state index contributed by atoms with van der Waals surface area (Å²) in [5.74, 6) is 0. The molecule has 0 amide bonds. The average molecular weight is 261 g/mol. The first-order valence-electron chi connectivity index (χ1n) is 6.37. The van der Waals surface area contributed by atoms with Crippen LogP contribution in [0.15, 0.2) is 29.6 Å². The Morgan fingerprint density at radius 3 is 2.56 bits per heavy atom. The fraction of sp³-hybridized carbons (Fsp3) is 0.400. The first kappa shape index (κ1) is 13.2. The van der Waals surface area contributed by atoms with Gasteiger partial charge in [0.15, 0.2) is 0 Å². The number of thiazole rings is 1. The van der Waals surface area contributed by atoms with E-state index < -0.39 is 0 Å². The van der Waals surface area contributed by atoms with Crippen LogP contribution in [0.1, 0.15) is 41.3 Å². The molecule has 18 heavy (non-hydrogen) atoms. The third-order valence-corrected chi connectivity index (χ3v) is 4.10. The van der Waals surface area contributed by atoms with Crippen molar-refractivity contribution in [3.8, 4) is 0 Å². The van der Waals surface area contributed by atoms with Crippen LogP contribution in [0.3, 0.4) is 0 Å². The van der Waals surface area contributed by atoms with E-state index in [1.807, 2.05) is 19.1 Å². The highest BCUT2D eigenvalue weighted by Gasteiger charge is 2.09. The van der Waals surface area contributed by atoms with Crippen molar-refractivity contribution in [2.75, 3.05) is 0 Å². The summed E-state index contributed by atoms with van der Waals surface area (Å²) >= 11 is 1.67. The highest BCUT2D eigenvalue weighted by Crippen LogP contribution is 2.21. The lowest BCUT2D eigenvalue weighted by atomic mass is 10.0. The van der Waals surface area contributed by atoms with Gasteiger partial charge >= 0.3 is 0 Å². The molecular formula is C15H19NOS. The summed E-state index contributed by atoms with van der Waals surface area (Å²) in [4.78, 5) is 4.41. The Hall–Kier alpha value is -1.19. The van der Waals surface area contributed by atoms with Gasteiger partial charge in [-0.15, -0.1) is 11.3 Å². The van der Waals surface area contributed by atoms with Crippen molar-refractivity contribution in [2.45, 2.75) is 39.2 Å². The van der Waals surface area contributed by atoms with Crippen LogP contribution in [-0.2, 0) is 12.8 Å². The number of rotatable bonds is 5. The van der Waals surface area contributed by atoms with Crippen LogP contribution < -0.4 is 0 Å². The molecule has 0 fully saturated rings. The lowest BCUT2D eigenvalue weighted by Crippen LogP contribution is -1.99. The molecule has 0 spiro atoms. The number of hydrogen-bond acceptors (Lipinski definition) is 3. The zero-order valence-corrected chi connectivity index (χ0v) is 11.7. The van der Waals surface area contributed by atoms with Gasteiger partial charge in [-0.3, -0.25) is 0 Å². The summed E-state index contributed by atoms with van der Waals surface area (Å²) in [5, 5.41) is 13.3. The van der Waals surface area contributed by atoms with Crippen molar-refractivity contribution in [1.29, 1.82) is 0 Å². The monoisotopic (exact) mass is 261 g/mol. The second-order valence-electron chi connectivity index (χ2n) is 4.53. The number of aromatic nitrogens is 1. The van der Waals surface area contributed by atoms with Gasteiger partial charge in [0.1, 0.15) is 0 Å². The van der Waals surface area contributed by atoms with Gasteiger partial charge in [-0.1, -0.05) is 31.2 Å². The molecule has 0 aliphatic carbocycles. The highest BCUT2D eigenvalue weighted by molar-refractivity contribution is 7.09. The van der Waals surface area contributed by atoms with E-state index in [0.717, 1.165) is 35.5 Å². The lowest BCUT2D eigenvalue weighted by Gasteiger charge is -2.10. The Kier molecular flexibility index (Phi) is 4.50. The number of aryl methyl sites for hydroxylation is 3. The maximum atomic E-state index is 10.1. The van der Waals surface area contributed by atoms with Gasteiger partial charge in [0.2, 0.25) is 0 Å². The van der Waals surface area contributed by atoms with Crippen molar-refractivity contribution in [3.63, 3.8) is 0 Å². The summed E-state index contributed by atoms with van der Waals surface area (Å²) in [6.07, 6.45) is 2.22. The minimum absolute atomic E-state index is 0.389. The molecule has 96 valence electrons. The molecule has 0 saturated carbocycles. The Morgan fingerprint density at radius 2 is 2.00 bits per heavy atom. The van der Waals surface area contributed by atoms with Crippen molar-refractivity contribution < 1.29 is 5.11 Å². The molecule has 0 aliphatic rings. The second-order valence-corrected chi connectivity index (χ2v) is 5.47. The van der Waals surface area contributed by atoms with Gasteiger partial charge in [0.05, 0.1) is 11.1 Å². The molecule has 2 nitrogen and oxygen atoms in total. The SMILES string of the molecule is CCc1ccc(C(O)CCc2nc(C)cs2)cc1. The van der Waals surface area contributed by atoms with Crippen LogP contribution in [0.2, 0.25) is 0 Å². The van der Waals surface area contributed by atoms with E-state index in [1.54, 1.807) is 11.3 Å². The van der Waals surface area contributed by atoms with E-state index in [1.165, 1.54) is 5.56 Å². The predicted octanol–water partition coefficient (Wildman–Crippen LogP) is 3.68. The molecule has 0 saturated heterocycles. The van der Waals surface area contributed by atoms with E-state index >= 15 is 0 Å². The fourth-order valence-corrected chi connectivity index (χ4v) is 2.71. The lowest BCUT2D eigenvalue weighted by molar-refractivity contribution is 0.168. The number of aliphatic hydroxyl groups excluding tert-OH is 1. The maximum absolute atomic E-state index is 10.1. The predicted molar refractivity (Wildman–Crippen MR) is 76.0 cm³/mol. The van der Waals surface area contributed by atoms with Crippen LogP contribution >= 0.6 is 11.3 Å². The van der Waals surface area contributed by atoms with Crippen LogP contribution in [-0.4, -0.2) is 10.1 Å². The smallest absolute Gasteiger partial charge is 0.0929 e. The summed E-state index contributed by atoms with van der Waals surface area (Å²) in [6.45, 7) is 4.14. The Labute approximate surface area is 112 Å². The summed E-state index contributed by atoms with van der Waals surface area (Å²) in [5.41, 5.74) is 3.37. The van der Waals surface area contributed by atoms with Crippen molar-refractivity contribution in [3.05, 3.63) is 51.5 Å². The van der Waals surface area contributed by atoms with Crippen LogP contribution in [0.25, 0.3) is 0 Å². The third-order valence-electron chi connectivity index (χ3n) is 3.07. The van der Waals surface area contributed by atoms with Crippen LogP contribution in [0, 0.1) is 6.92 Å². The minimum Gasteiger partial charge on any atom is -0.388 e. The van der Waals surface area contributed by atoms with Gasteiger partial charge in [0.25, 0.3) is 0 Å². The van der Waals surface area contributed by atoms with Crippen molar-refractivity contribution >= 4 is 11.3 Å². The van der Waals surface area contributed by atoms with E-state index in [2.05, 4.69) is 29.4 Å². The van der Waals surface area contributed by atoms with Gasteiger partial charge in [-0.05, 0) is 30.9 Å². The van der Waals surface area contributed by atoms with Gasteiger partial charge in [-0.2, -0.15) is 0 Å². The summed E-state index contributed by atoms with van der Waals surface area (Å²) in [6, 6.07) is 8.23. The molecule has 0 bridgehead atoms. The molecule has 0 radical (unpaired) electrons. The van der Waals surface area contributed by atoms with E-state index in [9.17, 15) is 5.11 Å². The molecular weight excluding hydrogens is 242 g/mol. The number of aliphatic hydroxyl groups is 1. The fourth-order valence-electron chi connectivity index (χ4n) is 1.92. The van der Waals surface area contributed by atoms with Crippen LogP contribution in [0.4, 0.5) is 0 Å². The first-order chi connectivity index (χ1) is 8.69. The Morgan fingerprint density at radius 1 is 1.28 bits per heavy atom. The molecule has 1 heterocycles. The molecule has 1 aromatic heterocycles. The molecule has 1 atom stereocenters. The molecule has 1 aromatic carbocycles. The van der Waals surface area contributed by atoms with Gasteiger partial charge in [0, 0.05) is 17.5 Å². The molecule has 2 aromatic rings. The number of nitrogens with zero attached hydrogens (tertiary/aromatic N) is 1. The van der Waals surface area contributed by atoms with Gasteiger partial charge < -0.3 is 5.11 Å². The van der Waals surface area contributed by atoms with E-state index in [0.29, 0.717) is 0 Å². The Bertz CT molecular complexity index is 489. The van der Waals surface area contributed by atoms with E-state index in [4.69, 9.17) is 0 Å². The standard InChI is InChI=1S/C15H19NOS/c1-3-12-4-6-13(7-5-12)14(17)8-9-15-16-11(2)10-18-15/h4-7,10,14,17H,3,8-9H2,1-2H3.